The van der Waals surface area contributed by atoms with Crippen LogP contribution in [0.1, 0.15) is 67.7 Å². The maximum Gasteiger partial charge on any atom is 0.416 e. The monoisotopic (exact) mass is 523 g/mol. The Morgan fingerprint density at radius 3 is 2.34 bits per heavy atom. The molecule has 6 heteroatoms. The second kappa shape index (κ2) is 12.1. The van der Waals surface area contributed by atoms with Gasteiger partial charge in [-0.3, -0.25) is 4.79 Å². The number of carbonyl (C=O) groups excluding carboxylic acids is 1. The molecule has 0 aromatic heterocycles. The van der Waals surface area contributed by atoms with E-state index in [1.165, 1.54) is 17.7 Å². The van der Waals surface area contributed by atoms with Crippen LogP contribution in [0, 0.1) is 5.92 Å². The number of rotatable bonds is 8. The Hall–Kier alpha value is -3.28. The molecular weight excluding hydrogens is 487 g/mol. The number of alkyl halides is 3. The fraction of sp³-hybridized carbons (Fsp3) is 0.406. The Kier molecular flexibility index (Phi) is 8.80. The van der Waals surface area contributed by atoms with E-state index < -0.39 is 11.7 Å². The van der Waals surface area contributed by atoms with E-state index in [-0.39, 0.29) is 30.4 Å². The lowest BCUT2D eigenvalue weighted by Crippen LogP contribution is -2.51. The van der Waals surface area contributed by atoms with Gasteiger partial charge in [-0.2, -0.15) is 13.2 Å². The van der Waals surface area contributed by atoms with Crippen molar-refractivity contribution in [1.82, 2.24) is 4.90 Å². The number of hydrogen-bond donors (Lipinski definition) is 0. The van der Waals surface area contributed by atoms with Gasteiger partial charge in [-0.15, -0.1) is 0 Å². The van der Waals surface area contributed by atoms with Crippen molar-refractivity contribution in [2.24, 2.45) is 5.92 Å². The molecule has 3 aromatic carbocycles. The second-order valence-electron chi connectivity index (χ2n) is 10.7. The zero-order valence-electron chi connectivity index (χ0n) is 22.2. The van der Waals surface area contributed by atoms with Crippen LogP contribution in [0.5, 0.6) is 5.75 Å². The molecule has 0 spiro atoms. The molecule has 0 radical (unpaired) electrons. The summed E-state index contributed by atoms with van der Waals surface area (Å²) in [5.41, 5.74) is 2.64. The Morgan fingerprint density at radius 1 is 0.974 bits per heavy atom. The SMILES string of the molecule is CC(C)Cc1cccc(C(C)C(=O)N2CCC[C@@H](c3ccccc3)[C@H]2COc2ccc(C(F)(F)F)cc2)c1. The van der Waals surface area contributed by atoms with E-state index in [0.29, 0.717) is 18.2 Å². The van der Waals surface area contributed by atoms with Crippen LogP contribution in [0.4, 0.5) is 13.2 Å². The number of hydrogen-bond acceptors (Lipinski definition) is 2. The minimum absolute atomic E-state index is 0.0494. The van der Waals surface area contributed by atoms with E-state index in [9.17, 15) is 18.0 Å². The second-order valence-corrected chi connectivity index (χ2v) is 10.7. The predicted molar refractivity (Wildman–Crippen MR) is 144 cm³/mol. The highest BCUT2D eigenvalue weighted by Gasteiger charge is 2.37. The lowest BCUT2D eigenvalue weighted by Gasteiger charge is -2.42. The first-order valence-corrected chi connectivity index (χ1v) is 13.4. The number of benzene rings is 3. The van der Waals surface area contributed by atoms with Gasteiger partial charge >= 0.3 is 6.18 Å². The van der Waals surface area contributed by atoms with E-state index in [1.807, 2.05) is 42.2 Å². The Labute approximate surface area is 223 Å². The standard InChI is InChI=1S/C32H36F3NO2/c1-22(2)19-24-9-7-12-26(20-24)23(3)31(37)36-18-8-13-29(25-10-5-4-6-11-25)30(36)21-38-28-16-14-27(15-17-28)32(33,34)35/h4-7,9-12,14-17,20,22-23,29-30H,8,13,18-19,21H2,1-3H3/t23?,29-,30+/m0/s1. The first kappa shape index (κ1) is 27.7. The third-order valence-corrected chi connectivity index (χ3v) is 7.36. The maximum atomic E-state index is 13.9. The summed E-state index contributed by atoms with van der Waals surface area (Å²) in [4.78, 5) is 15.9. The van der Waals surface area contributed by atoms with Gasteiger partial charge in [-0.25, -0.2) is 0 Å². The topological polar surface area (TPSA) is 29.5 Å². The van der Waals surface area contributed by atoms with E-state index in [0.717, 1.165) is 42.5 Å². The molecule has 1 heterocycles. The Balaban J connectivity index is 1.57. The summed E-state index contributed by atoms with van der Waals surface area (Å²) < 4.78 is 45.0. The molecule has 0 aliphatic carbocycles. The molecule has 4 rings (SSSR count). The molecular formula is C32H36F3NO2. The Morgan fingerprint density at radius 2 is 1.68 bits per heavy atom. The van der Waals surface area contributed by atoms with Gasteiger partial charge in [0, 0.05) is 12.5 Å². The maximum absolute atomic E-state index is 13.9. The molecule has 38 heavy (non-hydrogen) atoms. The van der Waals surface area contributed by atoms with Crippen molar-refractivity contribution < 1.29 is 22.7 Å². The highest BCUT2D eigenvalue weighted by atomic mass is 19.4. The molecule has 202 valence electrons. The summed E-state index contributed by atoms with van der Waals surface area (Å²) in [5.74, 6) is 0.690. The highest BCUT2D eigenvalue weighted by molar-refractivity contribution is 5.84. The fourth-order valence-corrected chi connectivity index (χ4v) is 5.40. The summed E-state index contributed by atoms with van der Waals surface area (Å²) >= 11 is 0. The number of nitrogens with zero attached hydrogens (tertiary/aromatic N) is 1. The molecule has 3 atom stereocenters. The van der Waals surface area contributed by atoms with Gasteiger partial charge < -0.3 is 9.64 Å². The molecule has 1 aliphatic rings. The Bertz CT molecular complexity index is 1190. The third kappa shape index (κ3) is 6.77. The smallest absolute Gasteiger partial charge is 0.416 e. The summed E-state index contributed by atoms with van der Waals surface area (Å²) in [6.07, 6.45) is -1.65. The van der Waals surface area contributed by atoms with Crippen LogP contribution < -0.4 is 4.74 Å². The van der Waals surface area contributed by atoms with Crippen molar-refractivity contribution in [3.05, 3.63) is 101 Å². The molecule has 0 N–H and O–H groups in total. The molecule has 1 aliphatic heterocycles. The third-order valence-electron chi connectivity index (χ3n) is 7.36. The number of halogens is 3. The van der Waals surface area contributed by atoms with Crippen LogP contribution in [0.3, 0.4) is 0 Å². The molecule has 1 fully saturated rings. The molecule has 3 aromatic rings. The quantitative estimate of drug-likeness (QED) is 0.301. The lowest BCUT2D eigenvalue weighted by molar-refractivity contribution is -0.138. The summed E-state index contributed by atoms with van der Waals surface area (Å²) in [5, 5.41) is 0. The van der Waals surface area contributed by atoms with Crippen LogP contribution in [-0.2, 0) is 17.4 Å². The van der Waals surface area contributed by atoms with Crippen LogP contribution in [-0.4, -0.2) is 30.0 Å². The lowest BCUT2D eigenvalue weighted by atomic mass is 9.82. The molecule has 1 amide bonds. The molecule has 1 unspecified atom stereocenters. The zero-order valence-corrected chi connectivity index (χ0v) is 22.2. The van der Waals surface area contributed by atoms with Gasteiger partial charge in [-0.1, -0.05) is 68.4 Å². The molecule has 3 nitrogen and oxygen atoms in total. The minimum atomic E-state index is -4.40. The molecule has 0 saturated carbocycles. The van der Waals surface area contributed by atoms with Gasteiger partial charge in [-0.05, 0) is 73.1 Å². The van der Waals surface area contributed by atoms with Crippen LogP contribution in [0.25, 0.3) is 0 Å². The van der Waals surface area contributed by atoms with Gasteiger partial charge in [0.1, 0.15) is 12.4 Å². The van der Waals surface area contributed by atoms with E-state index in [4.69, 9.17) is 4.74 Å². The minimum Gasteiger partial charge on any atom is -0.491 e. The van der Waals surface area contributed by atoms with Gasteiger partial charge in [0.2, 0.25) is 5.91 Å². The van der Waals surface area contributed by atoms with Crippen molar-refractivity contribution in [3.8, 4) is 5.75 Å². The van der Waals surface area contributed by atoms with Crippen LogP contribution >= 0.6 is 0 Å². The van der Waals surface area contributed by atoms with E-state index >= 15 is 0 Å². The van der Waals surface area contributed by atoms with Crippen molar-refractivity contribution >= 4 is 5.91 Å². The van der Waals surface area contributed by atoms with Gasteiger partial charge in [0.25, 0.3) is 0 Å². The first-order valence-electron chi connectivity index (χ1n) is 13.4. The predicted octanol–water partition coefficient (Wildman–Crippen LogP) is 7.86. The number of amides is 1. The highest BCUT2D eigenvalue weighted by Crippen LogP contribution is 2.36. The van der Waals surface area contributed by atoms with Crippen LogP contribution in [0.15, 0.2) is 78.9 Å². The summed E-state index contributed by atoms with van der Waals surface area (Å²) in [6.45, 7) is 7.15. The summed E-state index contributed by atoms with van der Waals surface area (Å²) in [6, 6.07) is 22.9. The average molecular weight is 524 g/mol. The number of carbonyl (C=O) groups is 1. The number of piperidine rings is 1. The van der Waals surface area contributed by atoms with Gasteiger partial charge in [0.15, 0.2) is 0 Å². The summed E-state index contributed by atoms with van der Waals surface area (Å²) in [7, 11) is 0. The van der Waals surface area contributed by atoms with Gasteiger partial charge in [0.05, 0.1) is 17.5 Å². The number of likely N-dealkylation sites (tertiary alicyclic amines) is 1. The zero-order chi connectivity index (χ0) is 27.3. The normalized spacial score (nSPS) is 18.9. The van der Waals surface area contributed by atoms with E-state index in [1.54, 1.807) is 0 Å². The van der Waals surface area contributed by atoms with Crippen LogP contribution in [0.2, 0.25) is 0 Å². The molecule has 0 bridgehead atoms. The van der Waals surface area contributed by atoms with Crippen molar-refractivity contribution in [3.63, 3.8) is 0 Å². The van der Waals surface area contributed by atoms with Crippen molar-refractivity contribution in [2.45, 2.75) is 64.1 Å². The van der Waals surface area contributed by atoms with Crippen molar-refractivity contribution in [2.75, 3.05) is 13.2 Å². The molecule has 1 saturated heterocycles. The fourth-order valence-electron chi connectivity index (χ4n) is 5.40. The average Bonchev–Trinajstić information content (AvgIpc) is 2.91. The first-order chi connectivity index (χ1) is 18.1. The van der Waals surface area contributed by atoms with E-state index in [2.05, 4.69) is 38.1 Å². The van der Waals surface area contributed by atoms with Crippen molar-refractivity contribution in [1.29, 1.82) is 0 Å². The largest absolute Gasteiger partial charge is 0.491 e. The number of ether oxygens (including phenoxy) is 1.